The standard InChI is InChI=1S/C27H27F2N3O4/c28-25(29)26(34)30-16-24(33)21-6-4-19(5-7-21)17-32(27(35)31-13-2-1-3-14-31)23-10-8-20(9-11-23)22-12-15-36-18-22/h4-12,15,18,25H,1-3,13-14,16-17H2,(H,30,34). The van der Waals surface area contributed by atoms with Crippen LogP contribution in [0.5, 0.6) is 0 Å². The van der Waals surface area contributed by atoms with Crippen LogP contribution in [0.3, 0.4) is 0 Å². The molecule has 1 aliphatic heterocycles. The van der Waals surface area contributed by atoms with Crippen LogP contribution in [-0.4, -0.2) is 48.7 Å². The Bertz CT molecular complexity index is 1170. The Morgan fingerprint density at radius 2 is 1.61 bits per heavy atom. The van der Waals surface area contributed by atoms with Crippen LogP contribution in [0.1, 0.15) is 35.2 Å². The number of urea groups is 1. The number of anilines is 1. The largest absolute Gasteiger partial charge is 0.472 e. The lowest BCUT2D eigenvalue weighted by Crippen LogP contribution is -2.45. The highest BCUT2D eigenvalue weighted by molar-refractivity contribution is 5.99. The third-order valence-corrected chi connectivity index (χ3v) is 6.13. The summed E-state index contributed by atoms with van der Waals surface area (Å²) < 4.78 is 29.8. The number of hydrogen-bond acceptors (Lipinski definition) is 4. The molecule has 0 atom stereocenters. The molecule has 0 spiro atoms. The Labute approximate surface area is 207 Å². The number of furan rings is 1. The molecule has 1 fully saturated rings. The van der Waals surface area contributed by atoms with Gasteiger partial charge in [0.2, 0.25) is 0 Å². The maximum absolute atomic E-state index is 13.5. The summed E-state index contributed by atoms with van der Waals surface area (Å²) in [6, 6.07) is 16.0. The lowest BCUT2D eigenvalue weighted by Gasteiger charge is -2.33. The van der Waals surface area contributed by atoms with Crippen LogP contribution in [0.15, 0.2) is 71.5 Å². The first-order chi connectivity index (χ1) is 17.4. The third-order valence-electron chi connectivity index (χ3n) is 6.13. The topological polar surface area (TPSA) is 82.9 Å². The first-order valence-corrected chi connectivity index (χ1v) is 11.8. The van der Waals surface area contributed by atoms with Crippen molar-refractivity contribution in [3.05, 3.63) is 78.3 Å². The van der Waals surface area contributed by atoms with Crippen LogP contribution >= 0.6 is 0 Å². The van der Waals surface area contributed by atoms with Crippen LogP contribution in [0.4, 0.5) is 19.3 Å². The molecule has 188 valence electrons. The molecule has 1 N–H and O–H groups in total. The van der Waals surface area contributed by atoms with E-state index in [1.807, 2.05) is 40.5 Å². The molecule has 4 rings (SSSR count). The Morgan fingerprint density at radius 3 is 2.22 bits per heavy atom. The summed E-state index contributed by atoms with van der Waals surface area (Å²) in [5.74, 6) is -1.96. The van der Waals surface area contributed by atoms with Gasteiger partial charge in [0.25, 0.3) is 5.91 Å². The van der Waals surface area contributed by atoms with Gasteiger partial charge in [-0.1, -0.05) is 36.4 Å². The number of hydrogen-bond donors (Lipinski definition) is 1. The van der Waals surface area contributed by atoms with Crippen molar-refractivity contribution in [2.24, 2.45) is 0 Å². The summed E-state index contributed by atoms with van der Waals surface area (Å²) in [5, 5.41) is 1.91. The van der Waals surface area contributed by atoms with E-state index in [1.165, 1.54) is 0 Å². The zero-order valence-electron chi connectivity index (χ0n) is 19.7. The predicted molar refractivity (Wildman–Crippen MR) is 131 cm³/mol. The molecule has 1 aromatic heterocycles. The van der Waals surface area contributed by atoms with Gasteiger partial charge in [0.05, 0.1) is 25.6 Å². The highest BCUT2D eigenvalue weighted by Gasteiger charge is 2.24. The zero-order chi connectivity index (χ0) is 25.5. The van der Waals surface area contributed by atoms with Crippen molar-refractivity contribution < 1.29 is 27.6 Å². The van der Waals surface area contributed by atoms with Gasteiger partial charge in [-0.25, -0.2) is 4.79 Å². The molecule has 0 unspecified atom stereocenters. The fourth-order valence-corrected chi connectivity index (χ4v) is 4.11. The second-order valence-corrected chi connectivity index (χ2v) is 8.61. The molecule has 0 saturated carbocycles. The van der Waals surface area contributed by atoms with Crippen LogP contribution in [0.25, 0.3) is 11.1 Å². The molecule has 1 aliphatic rings. The lowest BCUT2D eigenvalue weighted by atomic mass is 10.1. The number of Topliss-reactive ketones (excluding diaryl/α,β-unsaturated/α-hetero) is 1. The smallest absolute Gasteiger partial charge is 0.324 e. The minimum absolute atomic E-state index is 0.0828. The molecule has 36 heavy (non-hydrogen) atoms. The van der Waals surface area contributed by atoms with Gasteiger partial charge in [-0.15, -0.1) is 0 Å². The van der Waals surface area contributed by atoms with Gasteiger partial charge in [0.15, 0.2) is 5.78 Å². The molecule has 7 nitrogen and oxygen atoms in total. The van der Waals surface area contributed by atoms with Gasteiger partial charge in [-0.3, -0.25) is 14.5 Å². The van der Waals surface area contributed by atoms with E-state index in [9.17, 15) is 23.2 Å². The van der Waals surface area contributed by atoms with E-state index in [0.717, 1.165) is 41.6 Å². The quantitative estimate of drug-likeness (QED) is 0.440. The molecule has 0 aliphatic carbocycles. The molecular weight excluding hydrogens is 468 g/mol. The van der Waals surface area contributed by atoms with Crippen LogP contribution in [-0.2, 0) is 11.3 Å². The van der Waals surface area contributed by atoms with Crippen molar-refractivity contribution in [2.45, 2.75) is 32.2 Å². The van der Waals surface area contributed by atoms with Gasteiger partial charge in [0.1, 0.15) is 0 Å². The molecule has 2 aromatic carbocycles. The monoisotopic (exact) mass is 495 g/mol. The first-order valence-electron chi connectivity index (χ1n) is 11.8. The van der Waals surface area contributed by atoms with Crippen molar-refractivity contribution in [1.29, 1.82) is 0 Å². The van der Waals surface area contributed by atoms with Crippen molar-refractivity contribution in [3.63, 3.8) is 0 Å². The van der Waals surface area contributed by atoms with Crippen molar-refractivity contribution in [2.75, 3.05) is 24.5 Å². The Hall–Kier alpha value is -4.01. The summed E-state index contributed by atoms with van der Waals surface area (Å²) >= 11 is 0. The van der Waals surface area contributed by atoms with E-state index in [0.29, 0.717) is 13.1 Å². The van der Waals surface area contributed by atoms with Gasteiger partial charge < -0.3 is 14.6 Å². The van der Waals surface area contributed by atoms with Crippen LogP contribution in [0.2, 0.25) is 0 Å². The van der Waals surface area contributed by atoms with Crippen LogP contribution in [0, 0.1) is 0 Å². The Morgan fingerprint density at radius 1 is 0.917 bits per heavy atom. The second-order valence-electron chi connectivity index (χ2n) is 8.61. The van der Waals surface area contributed by atoms with Gasteiger partial charge in [-0.05, 0) is 48.6 Å². The van der Waals surface area contributed by atoms with Crippen LogP contribution < -0.4 is 10.2 Å². The predicted octanol–water partition coefficient (Wildman–Crippen LogP) is 5.12. The number of likely N-dealkylation sites (tertiary alicyclic amines) is 1. The van der Waals surface area contributed by atoms with E-state index in [4.69, 9.17) is 4.42 Å². The molecule has 9 heteroatoms. The SMILES string of the molecule is O=C(CNC(=O)C(F)F)c1ccc(CN(C(=O)N2CCCCC2)c2ccc(-c3ccoc3)cc2)cc1. The number of halogens is 2. The van der Waals surface area contributed by atoms with Gasteiger partial charge >= 0.3 is 12.5 Å². The minimum Gasteiger partial charge on any atom is -0.472 e. The first kappa shape index (κ1) is 25.1. The minimum atomic E-state index is -3.17. The molecule has 3 aromatic rings. The fraction of sp³-hybridized carbons (Fsp3) is 0.296. The summed E-state index contributed by atoms with van der Waals surface area (Å²) in [6.45, 7) is 1.20. The highest BCUT2D eigenvalue weighted by Crippen LogP contribution is 2.26. The van der Waals surface area contributed by atoms with E-state index in [2.05, 4.69) is 0 Å². The van der Waals surface area contributed by atoms with E-state index < -0.39 is 24.7 Å². The number of alkyl halides is 2. The number of nitrogens with zero attached hydrogens (tertiary/aromatic N) is 2. The number of benzene rings is 2. The van der Waals surface area contributed by atoms with E-state index in [1.54, 1.807) is 41.7 Å². The van der Waals surface area contributed by atoms with E-state index >= 15 is 0 Å². The highest BCUT2D eigenvalue weighted by atomic mass is 19.3. The number of amides is 3. The summed E-state index contributed by atoms with van der Waals surface area (Å²) in [4.78, 5) is 40.3. The fourth-order valence-electron chi connectivity index (χ4n) is 4.11. The van der Waals surface area contributed by atoms with Crippen molar-refractivity contribution >= 4 is 23.4 Å². The number of ketones is 1. The molecule has 0 bridgehead atoms. The lowest BCUT2D eigenvalue weighted by molar-refractivity contribution is -0.131. The Kier molecular flexibility index (Phi) is 8.10. The molecule has 2 heterocycles. The number of nitrogens with one attached hydrogen (secondary N) is 1. The van der Waals surface area contributed by atoms with Gasteiger partial charge in [0, 0.05) is 29.9 Å². The van der Waals surface area contributed by atoms with Crippen molar-refractivity contribution in [1.82, 2.24) is 10.2 Å². The average molecular weight is 496 g/mol. The maximum Gasteiger partial charge on any atom is 0.324 e. The molecular formula is C27H27F2N3O4. The molecule has 0 radical (unpaired) electrons. The van der Waals surface area contributed by atoms with Crippen molar-refractivity contribution in [3.8, 4) is 11.1 Å². The number of carbonyl (C=O) groups is 3. The maximum atomic E-state index is 13.5. The number of piperidine rings is 1. The average Bonchev–Trinajstić information content (AvgIpc) is 3.46. The molecule has 1 saturated heterocycles. The summed E-state index contributed by atoms with van der Waals surface area (Å²) in [7, 11) is 0. The Balaban J connectivity index is 1.50. The summed E-state index contributed by atoms with van der Waals surface area (Å²) in [6.07, 6.45) is 3.15. The second kappa shape index (κ2) is 11.6. The van der Waals surface area contributed by atoms with Gasteiger partial charge in [-0.2, -0.15) is 8.78 Å². The third kappa shape index (κ3) is 6.16. The molecule has 3 amide bonds. The number of rotatable bonds is 8. The normalized spacial score (nSPS) is 13.5. The van der Waals surface area contributed by atoms with E-state index in [-0.39, 0.29) is 18.1 Å². The number of carbonyl (C=O) groups excluding carboxylic acids is 3. The zero-order valence-corrected chi connectivity index (χ0v) is 19.7. The summed E-state index contributed by atoms with van der Waals surface area (Å²) in [5.41, 5.74) is 3.74.